The second kappa shape index (κ2) is 4.36. The van der Waals surface area contributed by atoms with Gasteiger partial charge in [0.15, 0.2) is 5.78 Å². The van der Waals surface area contributed by atoms with Gasteiger partial charge in [0.25, 0.3) is 0 Å². The molecule has 0 aliphatic carbocycles. The zero-order chi connectivity index (χ0) is 13.4. The van der Waals surface area contributed by atoms with Gasteiger partial charge in [-0.3, -0.25) is 4.79 Å². The molecule has 0 bridgehead atoms. The highest BCUT2D eigenvalue weighted by Crippen LogP contribution is 2.29. The molecule has 0 aliphatic heterocycles. The maximum Gasteiger partial charge on any atom is 0.189 e. The molecule has 0 unspecified atom stereocenters. The van der Waals surface area contributed by atoms with Gasteiger partial charge in [-0.15, -0.1) is 0 Å². The zero-order valence-corrected chi connectivity index (χ0v) is 10.8. The molecule has 0 atom stereocenters. The molecule has 1 nitrogen and oxygen atoms in total. The molecule has 0 aliphatic rings. The summed E-state index contributed by atoms with van der Waals surface area (Å²) < 4.78 is 0. The molecule has 3 aromatic rings. The molecule has 3 aromatic carbocycles. The van der Waals surface area contributed by atoms with Crippen LogP contribution in [0.1, 0.15) is 17.3 Å². The van der Waals surface area contributed by atoms with Gasteiger partial charge < -0.3 is 0 Å². The lowest BCUT2D eigenvalue weighted by molar-refractivity contribution is 0.103. The van der Waals surface area contributed by atoms with Gasteiger partial charge in [0, 0.05) is 5.56 Å². The van der Waals surface area contributed by atoms with Crippen molar-refractivity contribution in [2.75, 3.05) is 0 Å². The fraction of sp³-hybridized carbons (Fsp3) is 0.0556. The maximum absolute atomic E-state index is 12.5. The van der Waals surface area contributed by atoms with Crippen LogP contribution in [0.4, 0.5) is 0 Å². The third kappa shape index (κ3) is 1.84. The monoisotopic (exact) mass is 246 g/mol. The van der Waals surface area contributed by atoms with Crippen LogP contribution in [-0.4, -0.2) is 5.78 Å². The van der Waals surface area contributed by atoms with Gasteiger partial charge >= 0.3 is 0 Å². The summed E-state index contributed by atoms with van der Waals surface area (Å²) in [4.78, 5) is 12.5. The van der Waals surface area contributed by atoms with Crippen LogP contribution in [0.2, 0.25) is 0 Å². The Morgan fingerprint density at radius 2 is 1.37 bits per heavy atom. The summed E-state index contributed by atoms with van der Waals surface area (Å²) in [5, 5.41) is 4.17. The number of hydrogen-bond acceptors (Lipinski definition) is 1. The summed E-state index contributed by atoms with van der Waals surface area (Å²) >= 11 is 0. The third-order valence-electron chi connectivity index (χ3n) is 3.39. The third-order valence-corrected chi connectivity index (χ3v) is 3.39. The first-order valence-electron chi connectivity index (χ1n) is 6.29. The van der Waals surface area contributed by atoms with Crippen LogP contribution >= 0.6 is 0 Å². The number of carbonyl (C=O) groups is 1. The van der Waals surface area contributed by atoms with Crippen LogP contribution in [-0.2, 0) is 0 Å². The fourth-order valence-corrected chi connectivity index (χ4v) is 2.47. The first kappa shape index (κ1) is 11.7. The Morgan fingerprint density at radius 1 is 0.895 bits per heavy atom. The molecule has 0 saturated heterocycles. The van der Waals surface area contributed by atoms with E-state index in [1.54, 1.807) is 6.92 Å². The van der Waals surface area contributed by atoms with E-state index in [1.807, 2.05) is 48.5 Å². The molecule has 1 heteroatoms. The van der Waals surface area contributed by atoms with Crippen LogP contribution in [0.15, 0.2) is 66.7 Å². The van der Waals surface area contributed by atoms with Crippen molar-refractivity contribution >= 4 is 27.3 Å². The summed E-state index contributed by atoms with van der Waals surface area (Å²) in [6.45, 7) is 5.56. The molecular formula is C18H14O. The fourth-order valence-electron chi connectivity index (χ4n) is 2.47. The number of fused-ring (bicyclic) bond motifs is 2. The van der Waals surface area contributed by atoms with Gasteiger partial charge in [0.1, 0.15) is 0 Å². The lowest BCUT2D eigenvalue weighted by atomic mass is 9.92. The predicted octanol–water partition coefficient (Wildman–Crippen LogP) is 4.75. The molecule has 19 heavy (non-hydrogen) atoms. The van der Waals surface area contributed by atoms with Crippen molar-refractivity contribution in [3.05, 3.63) is 72.3 Å². The predicted molar refractivity (Wildman–Crippen MR) is 80.6 cm³/mol. The number of Topliss-reactive ketones (excluding diaryl/α,β-unsaturated/α-hetero) is 1. The lowest BCUT2D eigenvalue weighted by Crippen LogP contribution is -2.02. The molecule has 0 amide bonds. The van der Waals surface area contributed by atoms with Crippen LogP contribution in [0, 0.1) is 0 Å². The Hall–Kier alpha value is -2.41. The van der Waals surface area contributed by atoms with E-state index in [9.17, 15) is 4.79 Å². The Balaban J connectivity index is 2.53. The van der Waals surface area contributed by atoms with Crippen LogP contribution in [0.3, 0.4) is 0 Å². The molecule has 0 N–H and O–H groups in total. The van der Waals surface area contributed by atoms with E-state index in [1.165, 1.54) is 0 Å². The minimum Gasteiger partial charge on any atom is -0.289 e. The number of hydrogen-bond donors (Lipinski definition) is 0. The van der Waals surface area contributed by atoms with Crippen molar-refractivity contribution in [1.82, 2.24) is 0 Å². The Labute approximate surface area is 112 Å². The lowest BCUT2D eigenvalue weighted by Gasteiger charge is -2.10. The van der Waals surface area contributed by atoms with Crippen LogP contribution in [0.5, 0.6) is 0 Å². The smallest absolute Gasteiger partial charge is 0.189 e. The average molecular weight is 246 g/mol. The molecular weight excluding hydrogens is 232 g/mol. The summed E-state index contributed by atoms with van der Waals surface area (Å²) in [5.74, 6) is 0.0213. The first-order valence-corrected chi connectivity index (χ1v) is 6.29. The Bertz CT molecular complexity index is 758. The van der Waals surface area contributed by atoms with Gasteiger partial charge in [-0.25, -0.2) is 0 Å². The van der Waals surface area contributed by atoms with Crippen molar-refractivity contribution in [3.63, 3.8) is 0 Å². The normalized spacial score (nSPS) is 10.8. The average Bonchev–Trinajstić information content (AvgIpc) is 2.43. The molecule has 0 radical (unpaired) electrons. The van der Waals surface area contributed by atoms with Crippen LogP contribution in [0.25, 0.3) is 21.5 Å². The summed E-state index contributed by atoms with van der Waals surface area (Å²) in [6, 6.07) is 18.1. The largest absolute Gasteiger partial charge is 0.289 e. The molecule has 0 saturated carbocycles. The molecule has 0 spiro atoms. The zero-order valence-electron chi connectivity index (χ0n) is 10.8. The van der Waals surface area contributed by atoms with E-state index in [2.05, 4.69) is 12.6 Å². The van der Waals surface area contributed by atoms with Gasteiger partial charge in [0.2, 0.25) is 0 Å². The maximum atomic E-state index is 12.5. The second-order valence-corrected chi connectivity index (χ2v) is 4.80. The molecule has 3 rings (SSSR count). The molecule has 92 valence electrons. The SMILES string of the molecule is C=C(C)C(=O)c1c2ccccc2cc2ccccc12. The summed E-state index contributed by atoms with van der Waals surface area (Å²) in [7, 11) is 0. The second-order valence-electron chi connectivity index (χ2n) is 4.80. The van der Waals surface area contributed by atoms with Crippen molar-refractivity contribution in [2.45, 2.75) is 6.92 Å². The van der Waals surface area contributed by atoms with Crippen molar-refractivity contribution in [2.24, 2.45) is 0 Å². The number of rotatable bonds is 2. The minimum absolute atomic E-state index is 0.0213. The standard InChI is InChI=1S/C18H14O/c1-12(2)18(19)17-15-9-5-3-7-13(15)11-14-8-4-6-10-16(14)17/h3-11H,1H2,2H3. The van der Waals surface area contributed by atoms with Crippen molar-refractivity contribution in [1.29, 1.82) is 0 Å². The molecule has 0 heterocycles. The Morgan fingerprint density at radius 3 is 1.84 bits per heavy atom. The number of carbonyl (C=O) groups excluding carboxylic acids is 1. The van der Waals surface area contributed by atoms with Crippen molar-refractivity contribution in [3.8, 4) is 0 Å². The van der Waals surface area contributed by atoms with E-state index < -0.39 is 0 Å². The summed E-state index contributed by atoms with van der Waals surface area (Å²) in [5.41, 5.74) is 1.34. The number of ketones is 1. The van der Waals surface area contributed by atoms with Gasteiger partial charge in [0.05, 0.1) is 0 Å². The van der Waals surface area contributed by atoms with Crippen molar-refractivity contribution < 1.29 is 4.79 Å². The Kier molecular flexibility index (Phi) is 2.68. The highest BCUT2D eigenvalue weighted by Gasteiger charge is 2.14. The van der Waals surface area contributed by atoms with E-state index in [-0.39, 0.29) is 5.78 Å². The van der Waals surface area contributed by atoms with Gasteiger partial charge in [-0.05, 0) is 40.1 Å². The molecule has 0 fully saturated rings. The topological polar surface area (TPSA) is 17.1 Å². The highest BCUT2D eigenvalue weighted by molar-refractivity contribution is 6.23. The summed E-state index contributed by atoms with van der Waals surface area (Å²) in [6.07, 6.45) is 0. The first-order chi connectivity index (χ1) is 9.18. The minimum atomic E-state index is 0.0213. The van der Waals surface area contributed by atoms with Gasteiger partial charge in [-0.2, -0.15) is 0 Å². The molecule has 0 aromatic heterocycles. The van der Waals surface area contributed by atoms with Crippen LogP contribution < -0.4 is 0 Å². The van der Waals surface area contributed by atoms with Gasteiger partial charge in [-0.1, -0.05) is 55.1 Å². The van der Waals surface area contributed by atoms with E-state index in [0.29, 0.717) is 5.57 Å². The highest BCUT2D eigenvalue weighted by atomic mass is 16.1. The number of allylic oxidation sites excluding steroid dienone is 1. The number of benzene rings is 3. The van der Waals surface area contributed by atoms with E-state index in [4.69, 9.17) is 0 Å². The van der Waals surface area contributed by atoms with E-state index in [0.717, 1.165) is 27.1 Å². The van der Waals surface area contributed by atoms with E-state index >= 15 is 0 Å². The quantitative estimate of drug-likeness (QED) is 0.362.